The molecule has 1 amide bonds. The van der Waals surface area contributed by atoms with Gasteiger partial charge in [0.1, 0.15) is 5.75 Å². The summed E-state index contributed by atoms with van der Waals surface area (Å²) < 4.78 is 10.5. The lowest BCUT2D eigenvalue weighted by Crippen LogP contribution is -2.31. The second-order valence-corrected chi connectivity index (χ2v) is 5.93. The summed E-state index contributed by atoms with van der Waals surface area (Å²) >= 11 is 0. The van der Waals surface area contributed by atoms with Crippen molar-refractivity contribution in [2.45, 2.75) is 26.9 Å². The van der Waals surface area contributed by atoms with Crippen molar-refractivity contribution in [1.29, 1.82) is 5.26 Å². The number of benzene rings is 2. The molecule has 0 saturated carbocycles. The fraction of sp³-hybridized carbons (Fsp3) is 0.250. The Morgan fingerprint density at radius 1 is 1.15 bits per heavy atom. The molecule has 2 aromatic rings. The summed E-state index contributed by atoms with van der Waals surface area (Å²) in [6.07, 6.45) is -0.990. The maximum atomic E-state index is 12.1. The zero-order chi connectivity index (χ0) is 19.1. The Balaban J connectivity index is 1.85. The van der Waals surface area contributed by atoms with Gasteiger partial charge in [-0.25, -0.2) is 4.79 Å². The van der Waals surface area contributed by atoms with Gasteiger partial charge in [-0.1, -0.05) is 12.1 Å². The maximum Gasteiger partial charge on any atom is 0.344 e. The summed E-state index contributed by atoms with van der Waals surface area (Å²) in [5.74, 6) is -0.553. The summed E-state index contributed by atoms with van der Waals surface area (Å²) in [6.45, 7) is 5.06. The van der Waals surface area contributed by atoms with Crippen molar-refractivity contribution in [2.75, 3.05) is 11.9 Å². The van der Waals surface area contributed by atoms with Gasteiger partial charge in [-0.15, -0.1) is 0 Å². The minimum Gasteiger partial charge on any atom is -0.482 e. The van der Waals surface area contributed by atoms with Gasteiger partial charge in [0.25, 0.3) is 5.91 Å². The summed E-state index contributed by atoms with van der Waals surface area (Å²) in [5, 5.41) is 11.5. The van der Waals surface area contributed by atoms with Crippen LogP contribution in [-0.4, -0.2) is 24.6 Å². The number of carbonyl (C=O) groups excluding carboxylic acids is 2. The maximum absolute atomic E-state index is 12.1. The molecule has 1 N–H and O–H groups in total. The standard InChI is InChI=1S/C20H20N2O4/c1-13-7-14(2)9-18(8-13)25-12-19(23)26-15(3)20(24)22-17-6-4-5-16(10-17)11-21/h4-10,15H,12H2,1-3H3,(H,22,24)/t15-/m1/s1. The molecule has 2 rings (SSSR count). The van der Waals surface area contributed by atoms with Crippen LogP contribution in [0.3, 0.4) is 0 Å². The number of nitriles is 1. The zero-order valence-electron chi connectivity index (χ0n) is 14.9. The highest BCUT2D eigenvalue weighted by Crippen LogP contribution is 2.16. The van der Waals surface area contributed by atoms with E-state index in [-0.39, 0.29) is 6.61 Å². The first kappa shape index (κ1) is 19.0. The Bertz CT molecular complexity index is 835. The molecule has 2 aromatic carbocycles. The van der Waals surface area contributed by atoms with Crippen LogP contribution in [0.15, 0.2) is 42.5 Å². The van der Waals surface area contributed by atoms with Crippen LogP contribution < -0.4 is 10.1 Å². The molecule has 134 valence electrons. The number of ether oxygens (including phenoxy) is 2. The number of anilines is 1. The van der Waals surface area contributed by atoms with E-state index in [4.69, 9.17) is 14.7 Å². The van der Waals surface area contributed by atoms with Crippen LogP contribution in [0.5, 0.6) is 5.75 Å². The molecule has 6 nitrogen and oxygen atoms in total. The molecule has 0 radical (unpaired) electrons. The zero-order valence-corrected chi connectivity index (χ0v) is 14.9. The van der Waals surface area contributed by atoms with Crippen molar-refractivity contribution in [3.63, 3.8) is 0 Å². The van der Waals surface area contributed by atoms with Crippen molar-refractivity contribution in [1.82, 2.24) is 0 Å². The van der Waals surface area contributed by atoms with Crippen molar-refractivity contribution < 1.29 is 19.1 Å². The highest BCUT2D eigenvalue weighted by molar-refractivity contribution is 5.95. The quantitative estimate of drug-likeness (QED) is 0.807. The van der Waals surface area contributed by atoms with E-state index in [9.17, 15) is 9.59 Å². The van der Waals surface area contributed by atoms with Gasteiger partial charge >= 0.3 is 5.97 Å². The van der Waals surface area contributed by atoms with E-state index >= 15 is 0 Å². The molecular formula is C20H20N2O4. The van der Waals surface area contributed by atoms with Crippen molar-refractivity contribution in [2.24, 2.45) is 0 Å². The lowest BCUT2D eigenvalue weighted by atomic mass is 10.1. The Morgan fingerprint density at radius 3 is 2.50 bits per heavy atom. The Kier molecular flexibility index (Phi) is 6.34. The molecule has 0 aliphatic heterocycles. The largest absolute Gasteiger partial charge is 0.482 e. The second kappa shape index (κ2) is 8.67. The molecule has 0 saturated heterocycles. The van der Waals surface area contributed by atoms with E-state index in [2.05, 4.69) is 5.32 Å². The highest BCUT2D eigenvalue weighted by Gasteiger charge is 2.18. The van der Waals surface area contributed by atoms with Crippen molar-refractivity contribution in [3.05, 3.63) is 59.2 Å². The fourth-order valence-electron chi connectivity index (χ4n) is 2.35. The number of aryl methyl sites for hydroxylation is 2. The number of amides is 1. The van der Waals surface area contributed by atoms with E-state index < -0.39 is 18.0 Å². The van der Waals surface area contributed by atoms with Crippen molar-refractivity contribution >= 4 is 17.6 Å². The normalized spacial score (nSPS) is 11.2. The average molecular weight is 352 g/mol. The first-order chi connectivity index (χ1) is 12.4. The number of nitrogens with zero attached hydrogens (tertiary/aromatic N) is 1. The molecule has 0 aliphatic carbocycles. The first-order valence-electron chi connectivity index (χ1n) is 8.09. The molecule has 0 heterocycles. The number of rotatable bonds is 6. The highest BCUT2D eigenvalue weighted by atomic mass is 16.6. The van der Waals surface area contributed by atoms with Gasteiger partial charge in [-0.3, -0.25) is 4.79 Å². The topological polar surface area (TPSA) is 88.4 Å². The van der Waals surface area contributed by atoms with Gasteiger partial charge < -0.3 is 14.8 Å². The van der Waals surface area contributed by atoms with Crippen LogP contribution in [0.25, 0.3) is 0 Å². The molecule has 0 unspecified atom stereocenters. The minimum absolute atomic E-state index is 0.287. The molecule has 6 heteroatoms. The first-order valence-corrected chi connectivity index (χ1v) is 8.09. The molecule has 0 bridgehead atoms. The molecule has 0 spiro atoms. The van der Waals surface area contributed by atoms with Crippen LogP contribution in [0, 0.1) is 25.2 Å². The summed E-state index contributed by atoms with van der Waals surface area (Å²) in [6, 6.07) is 14.1. The van der Waals surface area contributed by atoms with Gasteiger partial charge in [-0.2, -0.15) is 5.26 Å². The predicted octanol–water partition coefficient (Wildman–Crippen LogP) is 3.12. The number of nitrogens with one attached hydrogen (secondary N) is 1. The average Bonchev–Trinajstić information content (AvgIpc) is 2.59. The summed E-state index contributed by atoms with van der Waals surface area (Å²) in [4.78, 5) is 24.0. The van der Waals surface area contributed by atoms with Crippen molar-refractivity contribution in [3.8, 4) is 11.8 Å². The monoisotopic (exact) mass is 352 g/mol. The lowest BCUT2D eigenvalue weighted by molar-refractivity contribution is -0.155. The molecule has 26 heavy (non-hydrogen) atoms. The second-order valence-electron chi connectivity index (χ2n) is 5.93. The number of esters is 1. The third-order valence-corrected chi connectivity index (χ3v) is 3.49. The van der Waals surface area contributed by atoms with E-state index in [1.54, 1.807) is 18.2 Å². The number of hydrogen-bond acceptors (Lipinski definition) is 5. The molecule has 0 aromatic heterocycles. The molecular weight excluding hydrogens is 332 g/mol. The lowest BCUT2D eigenvalue weighted by Gasteiger charge is -2.14. The van der Waals surface area contributed by atoms with E-state index in [1.165, 1.54) is 13.0 Å². The number of carbonyl (C=O) groups is 2. The van der Waals surface area contributed by atoms with Gasteiger partial charge in [0, 0.05) is 5.69 Å². The smallest absolute Gasteiger partial charge is 0.344 e. The summed E-state index contributed by atoms with van der Waals surface area (Å²) in [5.41, 5.74) is 2.94. The van der Waals surface area contributed by atoms with Gasteiger partial charge in [0.2, 0.25) is 0 Å². The van der Waals surface area contributed by atoms with Gasteiger partial charge in [0.05, 0.1) is 11.6 Å². The van der Waals surface area contributed by atoms with Crippen LogP contribution in [0.4, 0.5) is 5.69 Å². The Hall–Kier alpha value is -3.33. The van der Waals surface area contributed by atoms with Crippen LogP contribution in [0.1, 0.15) is 23.6 Å². The van der Waals surface area contributed by atoms with E-state index in [0.29, 0.717) is 17.0 Å². The fourth-order valence-corrected chi connectivity index (χ4v) is 2.35. The van der Waals surface area contributed by atoms with Gasteiger partial charge in [0.15, 0.2) is 12.7 Å². The molecule has 0 fully saturated rings. The molecule has 0 aliphatic rings. The molecule has 1 atom stereocenters. The van der Waals surface area contributed by atoms with E-state index in [1.807, 2.05) is 38.1 Å². The third-order valence-electron chi connectivity index (χ3n) is 3.49. The Labute approximate surface area is 152 Å². The Morgan fingerprint density at radius 2 is 1.85 bits per heavy atom. The third kappa shape index (κ3) is 5.64. The number of hydrogen-bond donors (Lipinski definition) is 1. The summed E-state index contributed by atoms with van der Waals surface area (Å²) in [7, 11) is 0. The van der Waals surface area contributed by atoms with E-state index in [0.717, 1.165) is 11.1 Å². The minimum atomic E-state index is -0.990. The van der Waals surface area contributed by atoms with Crippen LogP contribution >= 0.6 is 0 Å². The SMILES string of the molecule is Cc1cc(C)cc(OCC(=O)O[C@H](C)C(=O)Nc2cccc(C#N)c2)c1. The van der Waals surface area contributed by atoms with Crippen LogP contribution in [0.2, 0.25) is 0 Å². The van der Waals surface area contributed by atoms with Crippen LogP contribution in [-0.2, 0) is 14.3 Å². The predicted molar refractivity (Wildman–Crippen MR) is 96.8 cm³/mol. The van der Waals surface area contributed by atoms with Gasteiger partial charge in [-0.05, 0) is 62.2 Å².